The van der Waals surface area contributed by atoms with Crippen molar-refractivity contribution in [2.45, 2.75) is 26.4 Å². The summed E-state index contributed by atoms with van der Waals surface area (Å²) in [5.74, 6) is 1.61. The van der Waals surface area contributed by atoms with Crippen LogP contribution in [-0.2, 0) is 6.42 Å². The second-order valence-corrected chi connectivity index (χ2v) is 4.77. The lowest BCUT2D eigenvalue weighted by Crippen LogP contribution is -2.15. The Morgan fingerprint density at radius 2 is 2.19 bits per heavy atom. The number of methoxy groups -OCH3 is 1. The van der Waals surface area contributed by atoms with E-state index in [-0.39, 0.29) is 6.10 Å². The van der Waals surface area contributed by atoms with Gasteiger partial charge in [0.25, 0.3) is 0 Å². The molecule has 1 N–H and O–H groups in total. The van der Waals surface area contributed by atoms with Gasteiger partial charge < -0.3 is 9.84 Å². The molecule has 4 heteroatoms. The molecule has 1 atom stereocenters. The molecule has 3 nitrogen and oxygen atoms in total. The summed E-state index contributed by atoms with van der Waals surface area (Å²) in [6.07, 6.45) is 4.03. The minimum atomic E-state index is -0.339. The lowest BCUT2D eigenvalue weighted by Gasteiger charge is -2.14. The van der Waals surface area contributed by atoms with Gasteiger partial charge in [0.1, 0.15) is 5.75 Å². The highest BCUT2D eigenvalue weighted by Gasteiger charge is 2.12. The second kappa shape index (κ2) is 6.11. The van der Waals surface area contributed by atoms with E-state index >= 15 is 0 Å². The zero-order valence-corrected chi connectivity index (χ0v) is 11.1. The number of hydrogen-bond acceptors (Lipinski definition) is 4. The van der Waals surface area contributed by atoms with Crippen LogP contribution < -0.4 is 4.74 Å². The van der Waals surface area contributed by atoms with E-state index in [2.05, 4.69) is 4.98 Å². The van der Waals surface area contributed by atoms with Crippen LogP contribution in [0.1, 0.15) is 16.8 Å². The highest BCUT2D eigenvalue weighted by molar-refractivity contribution is 7.98. The van der Waals surface area contributed by atoms with Gasteiger partial charge >= 0.3 is 0 Å². The number of pyridine rings is 1. The zero-order valence-electron chi connectivity index (χ0n) is 10.3. The number of aliphatic hydroxyl groups is 1. The minimum Gasteiger partial charge on any atom is -0.496 e. The molecule has 0 spiro atoms. The molecular weight excluding hydrogens is 222 g/mol. The van der Waals surface area contributed by atoms with Crippen molar-refractivity contribution in [3.05, 3.63) is 23.0 Å². The molecule has 0 amide bonds. The van der Waals surface area contributed by atoms with Crippen LogP contribution in [-0.4, -0.2) is 35.3 Å². The molecule has 0 fully saturated rings. The Morgan fingerprint density at radius 3 is 2.75 bits per heavy atom. The van der Waals surface area contributed by atoms with Crippen LogP contribution in [0.4, 0.5) is 0 Å². The van der Waals surface area contributed by atoms with Gasteiger partial charge in [-0.1, -0.05) is 0 Å². The van der Waals surface area contributed by atoms with Crippen molar-refractivity contribution in [3.8, 4) is 5.75 Å². The van der Waals surface area contributed by atoms with Crippen LogP contribution in [0.25, 0.3) is 0 Å². The topological polar surface area (TPSA) is 42.4 Å². The normalized spacial score (nSPS) is 12.6. The maximum absolute atomic E-state index is 9.76. The van der Waals surface area contributed by atoms with Crippen LogP contribution in [0, 0.1) is 13.8 Å². The van der Waals surface area contributed by atoms with Gasteiger partial charge in [0.15, 0.2) is 0 Å². The van der Waals surface area contributed by atoms with E-state index in [1.165, 1.54) is 0 Å². The molecule has 0 aliphatic rings. The van der Waals surface area contributed by atoms with Crippen molar-refractivity contribution in [2.24, 2.45) is 0 Å². The Bertz CT molecular complexity index is 355. The molecule has 1 aromatic rings. The Labute approximate surface area is 101 Å². The molecule has 90 valence electrons. The lowest BCUT2D eigenvalue weighted by atomic mass is 10.1. The molecule has 1 heterocycles. The molecule has 16 heavy (non-hydrogen) atoms. The first-order chi connectivity index (χ1) is 7.60. The average Bonchev–Trinajstić information content (AvgIpc) is 2.23. The quantitative estimate of drug-likeness (QED) is 0.856. The number of rotatable bonds is 5. The first-order valence-electron chi connectivity index (χ1n) is 5.26. The molecule has 0 aliphatic heterocycles. The van der Waals surface area contributed by atoms with Crippen molar-refractivity contribution >= 4 is 11.8 Å². The number of hydrogen-bond donors (Lipinski definition) is 1. The minimum absolute atomic E-state index is 0.339. The number of ether oxygens (including phenoxy) is 1. The van der Waals surface area contributed by atoms with E-state index < -0.39 is 0 Å². The van der Waals surface area contributed by atoms with Crippen molar-refractivity contribution in [3.63, 3.8) is 0 Å². The fourth-order valence-electron chi connectivity index (χ4n) is 1.75. The van der Waals surface area contributed by atoms with Crippen LogP contribution in [0.2, 0.25) is 0 Å². The second-order valence-electron chi connectivity index (χ2n) is 3.86. The first-order valence-corrected chi connectivity index (χ1v) is 6.65. The average molecular weight is 241 g/mol. The maximum atomic E-state index is 9.76. The predicted molar refractivity (Wildman–Crippen MR) is 68.4 cm³/mol. The van der Waals surface area contributed by atoms with Crippen molar-refractivity contribution in [2.75, 3.05) is 19.1 Å². The summed E-state index contributed by atoms with van der Waals surface area (Å²) in [7, 11) is 1.66. The van der Waals surface area contributed by atoms with Crippen LogP contribution in [0.3, 0.4) is 0 Å². The standard InChI is InChI=1S/C12H19NO2S/c1-8-6-13-11(5-10(14)7-16-4)9(2)12(8)15-3/h6,10,14H,5,7H2,1-4H3. The molecule has 0 saturated heterocycles. The summed E-state index contributed by atoms with van der Waals surface area (Å²) in [6, 6.07) is 0. The maximum Gasteiger partial charge on any atom is 0.128 e. The number of thioether (sulfide) groups is 1. The van der Waals surface area contributed by atoms with Gasteiger partial charge in [-0.2, -0.15) is 11.8 Å². The molecule has 1 rings (SSSR count). The van der Waals surface area contributed by atoms with E-state index in [4.69, 9.17) is 4.74 Å². The van der Waals surface area contributed by atoms with E-state index in [9.17, 15) is 5.11 Å². The van der Waals surface area contributed by atoms with E-state index in [0.717, 1.165) is 28.3 Å². The molecule has 0 saturated carbocycles. The largest absolute Gasteiger partial charge is 0.496 e. The van der Waals surface area contributed by atoms with Gasteiger partial charge in [0.2, 0.25) is 0 Å². The third-order valence-electron chi connectivity index (χ3n) is 2.54. The fraction of sp³-hybridized carbons (Fsp3) is 0.583. The first kappa shape index (κ1) is 13.3. The van der Waals surface area contributed by atoms with Crippen molar-refractivity contribution in [1.82, 2.24) is 4.98 Å². The predicted octanol–water partition coefficient (Wildman–Crippen LogP) is 1.97. The number of aryl methyl sites for hydroxylation is 1. The number of aliphatic hydroxyl groups excluding tert-OH is 1. The Kier molecular flexibility index (Phi) is 5.09. The molecule has 0 bridgehead atoms. The van der Waals surface area contributed by atoms with Crippen molar-refractivity contribution < 1.29 is 9.84 Å². The third kappa shape index (κ3) is 3.12. The highest BCUT2D eigenvalue weighted by Crippen LogP contribution is 2.24. The smallest absolute Gasteiger partial charge is 0.128 e. The molecule has 1 unspecified atom stereocenters. The van der Waals surface area contributed by atoms with Crippen LogP contribution in [0.5, 0.6) is 5.75 Å². The summed E-state index contributed by atoms with van der Waals surface area (Å²) in [5, 5.41) is 9.76. The summed E-state index contributed by atoms with van der Waals surface area (Å²) >= 11 is 1.64. The van der Waals surface area contributed by atoms with Gasteiger partial charge in [-0.3, -0.25) is 4.98 Å². The van der Waals surface area contributed by atoms with E-state index in [1.54, 1.807) is 25.1 Å². The van der Waals surface area contributed by atoms with Crippen molar-refractivity contribution in [1.29, 1.82) is 0 Å². The van der Waals surface area contributed by atoms with Gasteiger partial charge in [-0.25, -0.2) is 0 Å². The number of nitrogens with zero attached hydrogens (tertiary/aromatic N) is 1. The van der Waals surface area contributed by atoms with E-state index in [0.29, 0.717) is 6.42 Å². The Hall–Kier alpha value is -0.740. The van der Waals surface area contributed by atoms with Gasteiger partial charge in [0, 0.05) is 35.2 Å². The summed E-state index contributed by atoms with van der Waals surface area (Å²) in [4.78, 5) is 4.36. The monoisotopic (exact) mass is 241 g/mol. The molecule has 0 aliphatic carbocycles. The number of aromatic nitrogens is 1. The van der Waals surface area contributed by atoms with Gasteiger partial charge in [-0.15, -0.1) is 0 Å². The fourth-order valence-corrected chi connectivity index (χ4v) is 2.25. The third-order valence-corrected chi connectivity index (χ3v) is 3.26. The summed E-state index contributed by atoms with van der Waals surface area (Å²) < 4.78 is 5.33. The summed E-state index contributed by atoms with van der Waals surface area (Å²) in [5.41, 5.74) is 2.98. The van der Waals surface area contributed by atoms with Crippen LogP contribution >= 0.6 is 11.8 Å². The molecule has 0 radical (unpaired) electrons. The molecule has 1 aromatic heterocycles. The Balaban J connectivity index is 2.89. The van der Waals surface area contributed by atoms with E-state index in [1.807, 2.05) is 20.1 Å². The summed E-state index contributed by atoms with van der Waals surface area (Å²) in [6.45, 7) is 3.96. The van der Waals surface area contributed by atoms with Gasteiger partial charge in [0.05, 0.1) is 13.2 Å². The molecular formula is C12H19NO2S. The SMILES string of the molecule is COc1c(C)cnc(CC(O)CSC)c1C. The highest BCUT2D eigenvalue weighted by atomic mass is 32.2. The van der Waals surface area contributed by atoms with Gasteiger partial charge in [-0.05, 0) is 20.1 Å². The zero-order chi connectivity index (χ0) is 12.1. The Morgan fingerprint density at radius 1 is 1.50 bits per heavy atom. The van der Waals surface area contributed by atoms with Crippen LogP contribution in [0.15, 0.2) is 6.20 Å². The molecule has 0 aromatic carbocycles. The lowest BCUT2D eigenvalue weighted by molar-refractivity contribution is 0.198.